The van der Waals surface area contributed by atoms with Crippen molar-refractivity contribution < 1.29 is 32.8 Å². The molecule has 0 radical (unpaired) electrons. The highest BCUT2D eigenvalue weighted by atomic mass is 31.2. The van der Waals surface area contributed by atoms with Gasteiger partial charge < -0.3 is 20.1 Å². The molecule has 0 saturated carbocycles. The molecule has 0 amide bonds. The molecule has 0 aliphatic carbocycles. The molecule has 0 fully saturated rings. The minimum Gasteiger partial charge on any atom is -0.498 e. The molecule has 3 N–H and O–H groups in total. The molecule has 9 heteroatoms. The summed E-state index contributed by atoms with van der Waals surface area (Å²) in [5.41, 5.74) is 5.34. The largest absolute Gasteiger partial charge is 0.498 e. The number of esters is 1. The Morgan fingerprint density at radius 2 is 1.08 bits per heavy atom. The van der Waals surface area contributed by atoms with E-state index in [4.69, 9.17) is 24.3 Å². The van der Waals surface area contributed by atoms with Gasteiger partial charge in [-0.15, -0.1) is 0 Å². The van der Waals surface area contributed by atoms with Gasteiger partial charge in [-0.05, 0) is 57.4 Å². The van der Waals surface area contributed by atoms with E-state index in [1.807, 2.05) is 18.2 Å². The molecular formula is C41H74NO7P. The number of carbonyl (C=O) groups is 1. The van der Waals surface area contributed by atoms with Crippen molar-refractivity contribution in [3.05, 3.63) is 60.9 Å². The summed E-state index contributed by atoms with van der Waals surface area (Å²) in [7, 11) is -4.31. The molecule has 2 atom stereocenters. The van der Waals surface area contributed by atoms with Crippen LogP contribution in [-0.2, 0) is 27.9 Å². The molecule has 0 aromatic carbocycles. The van der Waals surface area contributed by atoms with E-state index < -0.39 is 19.9 Å². The van der Waals surface area contributed by atoms with Crippen LogP contribution in [0.25, 0.3) is 0 Å². The van der Waals surface area contributed by atoms with Crippen LogP contribution in [0, 0.1) is 0 Å². The van der Waals surface area contributed by atoms with Crippen molar-refractivity contribution in [2.75, 3.05) is 26.4 Å². The lowest BCUT2D eigenvalue weighted by molar-refractivity contribution is -0.153. The fraction of sp³-hybridized carbons (Fsp3) is 0.732. The second kappa shape index (κ2) is 38.3. The predicted molar refractivity (Wildman–Crippen MR) is 210 cm³/mol. The van der Waals surface area contributed by atoms with Crippen molar-refractivity contribution in [3.63, 3.8) is 0 Å². The highest BCUT2D eigenvalue weighted by molar-refractivity contribution is 7.47. The molecule has 0 aliphatic rings. The molecule has 0 aromatic rings. The van der Waals surface area contributed by atoms with Gasteiger partial charge in [0.25, 0.3) is 0 Å². The van der Waals surface area contributed by atoms with Gasteiger partial charge in [-0.25, -0.2) is 4.57 Å². The molecule has 2 unspecified atom stereocenters. The maximum atomic E-state index is 12.5. The summed E-state index contributed by atoms with van der Waals surface area (Å²) in [5, 5.41) is 0. The van der Waals surface area contributed by atoms with E-state index in [-0.39, 0.29) is 32.8 Å². The molecule has 0 aromatic heterocycles. The van der Waals surface area contributed by atoms with Gasteiger partial charge >= 0.3 is 13.8 Å². The van der Waals surface area contributed by atoms with Crippen molar-refractivity contribution in [1.82, 2.24) is 0 Å². The first-order valence-electron chi connectivity index (χ1n) is 19.8. The minimum atomic E-state index is -4.31. The van der Waals surface area contributed by atoms with Crippen molar-refractivity contribution >= 4 is 13.8 Å². The lowest BCUT2D eigenvalue weighted by Crippen LogP contribution is -2.27. The number of phosphoric acid groups is 1. The van der Waals surface area contributed by atoms with Gasteiger partial charge in [0.1, 0.15) is 6.61 Å². The van der Waals surface area contributed by atoms with Crippen molar-refractivity contribution in [2.24, 2.45) is 5.73 Å². The second-order valence-corrected chi connectivity index (χ2v) is 14.3. The monoisotopic (exact) mass is 724 g/mol. The fourth-order valence-electron chi connectivity index (χ4n) is 5.08. The number of rotatable bonds is 37. The van der Waals surface area contributed by atoms with E-state index in [1.54, 1.807) is 6.26 Å². The number of nitrogens with two attached hydrogens (primary N) is 1. The molecule has 0 aliphatic heterocycles. The second-order valence-electron chi connectivity index (χ2n) is 12.9. The van der Waals surface area contributed by atoms with Gasteiger partial charge in [-0.3, -0.25) is 13.8 Å². The lowest BCUT2D eigenvalue weighted by atomic mass is 10.0. The number of allylic oxidation sites excluding steroid dienone is 9. The summed E-state index contributed by atoms with van der Waals surface area (Å²) >= 11 is 0. The third-order valence-electron chi connectivity index (χ3n) is 8.02. The topological polar surface area (TPSA) is 117 Å². The zero-order valence-corrected chi connectivity index (χ0v) is 32.8. The van der Waals surface area contributed by atoms with Crippen LogP contribution in [0.1, 0.15) is 162 Å². The van der Waals surface area contributed by atoms with Crippen LogP contribution in [0.2, 0.25) is 0 Å². The van der Waals surface area contributed by atoms with Crippen LogP contribution in [0.5, 0.6) is 0 Å². The Morgan fingerprint density at radius 3 is 1.62 bits per heavy atom. The molecule has 8 nitrogen and oxygen atoms in total. The standard InChI is InChI=1S/C41H74NO7P/c1-3-5-7-9-11-13-15-17-19-20-21-22-24-26-28-30-32-34-41(43)49-40(39-48-50(44,45)47-37-35-42)38-46-36-33-31-29-27-25-23-18-16-14-12-10-8-6-4-2/h13,15,19-20,22,24,28,30,33,36,40H,3-12,14,16-18,21,23,25-27,29,31-32,34-35,37-39,42H2,1-2H3,(H,44,45)/b15-13-,20-19-,24-22-,30-28-,36-33+. The summed E-state index contributed by atoms with van der Waals surface area (Å²) in [6.45, 7) is 4.12. The molecule has 290 valence electrons. The quantitative estimate of drug-likeness (QED) is 0.0214. The van der Waals surface area contributed by atoms with Crippen molar-refractivity contribution in [3.8, 4) is 0 Å². The third-order valence-corrected chi connectivity index (χ3v) is 9.00. The summed E-state index contributed by atoms with van der Waals surface area (Å²) in [4.78, 5) is 22.3. The number of unbranched alkanes of at least 4 members (excludes halogenated alkanes) is 16. The maximum absolute atomic E-state index is 12.5. The van der Waals surface area contributed by atoms with E-state index in [0.717, 1.165) is 32.1 Å². The Labute approximate surface area is 306 Å². The molecule has 50 heavy (non-hydrogen) atoms. The smallest absolute Gasteiger partial charge is 0.472 e. The average Bonchev–Trinajstić information content (AvgIpc) is 3.10. The first-order chi connectivity index (χ1) is 24.4. The van der Waals surface area contributed by atoms with Crippen LogP contribution in [0.4, 0.5) is 0 Å². The summed E-state index contributed by atoms with van der Waals surface area (Å²) in [6.07, 6.45) is 46.3. The Morgan fingerprint density at radius 1 is 0.620 bits per heavy atom. The molecule has 0 bridgehead atoms. The van der Waals surface area contributed by atoms with E-state index in [2.05, 4.69) is 50.3 Å². The highest BCUT2D eigenvalue weighted by Crippen LogP contribution is 2.43. The van der Waals surface area contributed by atoms with E-state index >= 15 is 0 Å². The molecule has 0 heterocycles. The summed E-state index contributed by atoms with van der Waals surface area (Å²) in [6, 6.07) is 0. The predicted octanol–water partition coefficient (Wildman–Crippen LogP) is 11.8. The van der Waals surface area contributed by atoms with Crippen LogP contribution in [0.15, 0.2) is 60.9 Å². The van der Waals surface area contributed by atoms with Crippen LogP contribution in [0.3, 0.4) is 0 Å². The number of hydrogen-bond donors (Lipinski definition) is 2. The Hall–Kier alpha value is -1.96. The van der Waals surface area contributed by atoms with Gasteiger partial charge in [0.05, 0.1) is 19.5 Å². The van der Waals surface area contributed by atoms with Crippen molar-refractivity contribution in [1.29, 1.82) is 0 Å². The van der Waals surface area contributed by atoms with Gasteiger partial charge in [0, 0.05) is 13.0 Å². The summed E-state index contributed by atoms with van der Waals surface area (Å²) in [5.74, 6) is -0.432. The normalized spacial score (nSPS) is 14.2. The van der Waals surface area contributed by atoms with Crippen LogP contribution in [-0.4, -0.2) is 43.3 Å². The maximum Gasteiger partial charge on any atom is 0.472 e. The zero-order valence-electron chi connectivity index (χ0n) is 31.9. The first kappa shape index (κ1) is 48.0. The van der Waals surface area contributed by atoms with Gasteiger partial charge in [-0.2, -0.15) is 0 Å². The van der Waals surface area contributed by atoms with E-state index in [0.29, 0.717) is 6.42 Å². The summed E-state index contributed by atoms with van der Waals surface area (Å²) < 4.78 is 33.0. The Balaban J connectivity index is 4.27. The first-order valence-corrected chi connectivity index (χ1v) is 21.3. The Bertz CT molecular complexity index is 947. The third kappa shape index (κ3) is 37.3. The van der Waals surface area contributed by atoms with Gasteiger partial charge in [0.2, 0.25) is 0 Å². The minimum absolute atomic E-state index is 0.00197. The highest BCUT2D eigenvalue weighted by Gasteiger charge is 2.25. The number of carbonyl (C=O) groups excluding carboxylic acids is 1. The average molecular weight is 724 g/mol. The SMILES string of the molecule is CCCCCC/C=C\C/C=C\C/C=C\C/C=C\CCC(=O)OC(CO/C=C/CCCCCCCCCCCCCC)COP(=O)(O)OCCN. The Kier molecular flexibility index (Phi) is 36.8. The molecular weight excluding hydrogens is 649 g/mol. The number of ether oxygens (including phenoxy) is 2. The van der Waals surface area contributed by atoms with Crippen LogP contribution < -0.4 is 5.73 Å². The van der Waals surface area contributed by atoms with Crippen LogP contribution >= 0.6 is 7.82 Å². The van der Waals surface area contributed by atoms with E-state index in [1.165, 1.54) is 103 Å². The number of hydrogen-bond acceptors (Lipinski definition) is 7. The van der Waals surface area contributed by atoms with Gasteiger partial charge in [0.15, 0.2) is 6.10 Å². The lowest BCUT2D eigenvalue weighted by Gasteiger charge is -2.19. The zero-order chi connectivity index (χ0) is 36.6. The molecule has 0 rings (SSSR count). The number of phosphoric ester groups is 1. The fourth-order valence-corrected chi connectivity index (χ4v) is 5.85. The molecule has 0 spiro atoms. The van der Waals surface area contributed by atoms with E-state index in [9.17, 15) is 14.3 Å². The van der Waals surface area contributed by atoms with Crippen molar-refractivity contribution in [2.45, 2.75) is 168 Å². The molecule has 0 saturated heterocycles. The van der Waals surface area contributed by atoms with Gasteiger partial charge in [-0.1, -0.05) is 152 Å².